The van der Waals surface area contributed by atoms with Crippen LogP contribution in [0.3, 0.4) is 0 Å². The van der Waals surface area contributed by atoms with Crippen molar-refractivity contribution in [3.05, 3.63) is 91.2 Å². The minimum Gasteiger partial charge on any atom is -0.392 e. The number of rotatable bonds is 8. The molecule has 254 valence electrons. The molecule has 3 aromatic rings. The molecule has 8 nitrogen and oxygen atoms in total. The Morgan fingerprint density at radius 3 is 2.62 bits per heavy atom. The van der Waals surface area contributed by atoms with Gasteiger partial charge < -0.3 is 20.1 Å². The van der Waals surface area contributed by atoms with Gasteiger partial charge in [0.15, 0.2) is 5.78 Å². The largest absolute Gasteiger partial charge is 0.392 e. The molecular weight excluding hydrogens is 628 g/mol. The first-order chi connectivity index (χ1) is 23.3. The molecule has 5 heterocycles. The molecule has 3 aliphatic heterocycles. The van der Waals surface area contributed by atoms with Gasteiger partial charge in [-0.15, -0.1) is 11.3 Å². The Kier molecular flexibility index (Phi) is 10.6. The zero-order valence-corrected chi connectivity index (χ0v) is 29.1. The Morgan fingerprint density at radius 1 is 1.12 bits per heavy atom. The van der Waals surface area contributed by atoms with E-state index in [0.29, 0.717) is 52.9 Å². The Labute approximate surface area is 286 Å². The molecule has 2 aromatic heterocycles. The van der Waals surface area contributed by atoms with Gasteiger partial charge in [-0.05, 0) is 91.1 Å². The van der Waals surface area contributed by atoms with Gasteiger partial charge in [-0.25, -0.2) is 9.37 Å². The van der Waals surface area contributed by atoms with Gasteiger partial charge in [0.25, 0.3) is 5.91 Å². The number of halogens is 1. The predicted molar refractivity (Wildman–Crippen MR) is 189 cm³/mol. The first-order valence-electron chi connectivity index (χ1n) is 17.2. The normalized spacial score (nSPS) is 18.3. The van der Waals surface area contributed by atoms with Crippen molar-refractivity contribution in [2.75, 3.05) is 36.5 Å². The number of aromatic nitrogens is 1. The second-order valence-corrected chi connectivity index (χ2v) is 13.6. The maximum Gasteiger partial charge on any atom is 0.268 e. The van der Waals surface area contributed by atoms with Crippen molar-refractivity contribution in [2.45, 2.75) is 85.4 Å². The van der Waals surface area contributed by atoms with Crippen LogP contribution in [0.5, 0.6) is 0 Å². The molecule has 48 heavy (non-hydrogen) atoms. The molecule has 1 amide bonds. The molecule has 1 aliphatic carbocycles. The average molecular weight is 673 g/mol. The number of hydrogen-bond acceptors (Lipinski definition) is 8. The number of pyridine rings is 1. The second-order valence-electron chi connectivity index (χ2n) is 12.5. The maximum absolute atomic E-state index is 15.3. The van der Waals surface area contributed by atoms with Gasteiger partial charge >= 0.3 is 0 Å². The molecule has 7 rings (SSSR count). The number of allylic oxidation sites excluding steroid dienone is 4. The van der Waals surface area contributed by atoms with Gasteiger partial charge in [-0.1, -0.05) is 26.0 Å². The van der Waals surface area contributed by atoms with Crippen LogP contribution in [-0.4, -0.2) is 59.0 Å². The zero-order valence-electron chi connectivity index (χ0n) is 28.3. The highest BCUT2D eigenvalue weighted by Gasteiger charge is 2.34. The molecule has 1 fully saturated rings. The third kappa shape index (κ3) is 6.63. The molecule has 0 spiro atoms. The van der Waals surface area contributed by atoms with Gasteiger partial charge in [-0.3, -0.25) is 14.5 Å². The number of Topliss-reactive ketones (excluding diaryl/α,β-unsaturated/α-hetero) is 1. The molecule has 4 aliphatic rings. The SMILES string of the molecule is C/C=C(\C=C(\Nc1ccc2c(n1)CCN(C1COC1)C2)C(C)=O)c1cc(F)cc(N2CCc3c(sc4c3CCCC4)C2=O)c1CO.CC. The summed E-state index contributed by atoms with van der Waals surface area (Å²) in [4.78, 5) is 37.6. The fourth-order valence-electron chi connectivity index (χ4n) is 7.12. The number of carbonyl (C=O) groups excluding carboxylic acids is 2. The number of aryl methyl sites for hydroxylation is 1. The molecule has 2 N–H and O–H groups in total. The zero-order chi connectivity index (χ0) is 33.9. The minimum atomic E-state index is -0.518. The van der Waals surface area contributed by atoms with E-state index in [4.69, 9.17) is 9.72 Å². The van der Waals surface area contributed by atoms with Crippen LogP contribution in [0.2, 0.25) is 0 Å². The van der Waals surface area contributed by atoms with E-state index < -0.39 is 12.4 Å². The van der Waals surface area contributed by atoms with Gasteiger partial charge in [-0.2, -0.15) is 0 Å². The lowest BCUT2D eigenvalue weighted by Crippen LogP contribution is -2.50. The van der Waals surface area contributed by atoms with Gasteiger partial charge in [0.1, 0.15) is 11.6 Å². The molecular formula is C38H45FN4O4S. The number of ketones is 1. The number of anilines is 2. The Bertz CT molecular complexity index is 1780. The number of aliphatic hydroxyl groups is 1. The number of nitrogens with zero attached hydrogens (tertiary/aromatic N) is 3. The lowest BCUT2D eigenvalue weighted by atomic mass is 9.91. The van der Waals surface area contributed by atoms with Crippen molar-refractivity contribution in [3.63, 3.8) is 0 Å². The summed E-state index contributed by atoms with van der Waals surface area (Å²) < 4.78 is 20.7. The van der Waals surface area contributed by atoms with E-state index in [1.807, 2.05) is 19.9 Å². The number of benzene rings is 1. The van der Waals surface area contributed by atoms with Crippen molar-refractivity contribution in [1.29, 1.82) is 0 Å². The number of hydrogen-bond donors (Lipinski definition) is 2. The van der Waals surface area contributed by atoms with Crippen molar-refractivity contribution in [2.24, 2.45) is 0 Å². The topological polar surface area (TPSA) is 95.0 Å². The highest BCUT2D eigenvalue weighted by atomic mass is 32.1. The Morgan fingerprint density at radius 2 is 1.92 bits per heavy atom. The number of fused-ring (bicyclic) bond motifs is 4. The van der Waals surface area contributed by atoms with E-state index in [9.17, 15) is 14.7 Å². The van der Waals surface area contributed by atoms with E-state index in [2.05, 4.69) is 16.3 Å². The summed E-state index contributed by atoms with van der Waals surface area (Å²) in [5, 5.41) is 13.8. The van der Waals surface area contributed by atoms with E-state index in [1.54, 1.807) is 35.3 Å². The number of thiophene rings is 1. The predicted octanol–water partition coefficient (Wildman–Crippen LogP) is 6.63. The fraction of sp³-hybridized carbons (Fsp3) is 0.447. The van der Waals surface area contributed by atoms with Crippen LogP contribution in [0.4, 0.5) is 15.9 Å². The van der Waals surface area contributed by atoms with Crippen molar-refractivity contribution in [1.82, 2.24) is 9.88 Å². The quantitative estimate of drug-likeness (QED) is 0.205. The molecule has 1 saturated heterocycles. The molecule has 0 bridgehead atoms. The Balaban J connectivity index is 0.00000197. The van der Waals surface area contributed by atoms with Crippen LogP contribution in [0.25, 0.3) is 5.57 Å². The minimum absolute atomic E-state index is 0.141. The molecule has 1 aromatic carbocycles. The second kappa shape index (κ2) is 14.8. The lowest BCUT2D eigenvalue weighted by molar-refractivity contribution is -0.113. The summed E-state index contributed by atoms with van der Waals surface area (Å²) in [6.45, 7) is 10.6. The van der Waals surface area contributed by atoms with Crippen molar-refractivity contribution < 1.29 is 23.8 Å². The maximum atomic E-state index is 15.3. The number of aliphatic hydroxyl groups excluding tert-OH is 1. The summed E-state index contributed by atoms with van der Waals surface area (Å²) in [6, 6.07) is 7.10. The summed E-state index contributed by atoms with van der Waals surface area (Å²) >= 11 is 1.58. The van der Waals surface area contributed by atoms with Crippen LogP contribution in [0.1, 0.15) is 88.6 Å². The van der Waals surface area contributed by atoms with Crippen LogP contribution >= 0.6 is 11.3 Å². The van der Waals surface area contributed by atoms with Crippen LogP contribution in [0.15, 0.2) is 42.1 Å². The number of nitrogens with one attached hydrogen (secondary N) is 1. The third-order valence-corrected chi connectivity index (χ3v) is 11.0. The number of ether oxygens (including phenoxy) is 1. The average Bonchev–Trinajstić information content (AvgIpc) is 3.46. The summed E-state index contributed by atoms with van der Waals surface area (Å²) in [5.74, 6) is -0.308. The van der Waals surface area contributed by atoms with Crippen LogP contribution < -0.4 is 10.2 Å². The lowest BCUT2D eigenvalue weighted by Gasteiger charge is -2.39. The van der Waals surface area contributed by atoms with Gasteiger partial charge in [0.2, 0.25) is 0 Å². The van der Waals surface area contributed by atoms with E-state index in [0.717, 1.165) is 74.5 Å². The number of carbonyl (C=O) groups is 2. The summed E-state index contributed by atoms with van der Waals surface area (Å²) in [5.41, 5.74) is 6.76. The van der Waals surface area contributed by atoms with Crippen molar-refractivity contribution >= 4 is 40.1 Å². The number of amides is 1. The van der Waals surface area contributed by atoms with Gasteiger partial charge in [0, 0.05) is 49.1 Å². The molecule has 0 radical (unpaired) electrons. The molecule has 0 saturated carbocycles. The van der Waals surface area contributed by atoms with Crippen molar-refractivity contribution in [3.8, 4) is 0 Å². The monoisotopic (exact) mass is 672 g/mol. The van der Waals surface area contributed by atoms with E-state index in [1.165, 1.54) is 35.1 Å². The van der Waals surface area contributed by atoms with Gasteiger partial charge in [0.05, 0.1) is 42.1 Å². The fourth-order valence-corrected chi connectivity index (χ4v) is 8.51. The highest BCUT2D eigenvalue weighted by molar-refractivity contribution is 7.14. The smallest absolute Gasteiger partial charge is 0.268 e. The first kappa shape index (κ1) is 34.2. The third-order valence-electron chi connectivity index (χ3n) is 9.72. The summed E-state index contributed by atoms with van der Waals surface area (Å²) in [6.07, 6.45) is 9.28. The van der Waals surface area contributed by atoms with E-state index in [-0.39, 0.29) is 11.7 Å². The molecule has 0 atom stereocenters. The standard InChI is InChI=1S/C36H39FN4O4S.C2H6/c1-3-22(14-31(21(2)43)39-34-9-8-23-17-40(25-19-45-20-25)12-11-30(23)38-34)28-15-24(37)16-32(29(28)18-42)41-13-10-27-26-6-4-5-7-33(26)46-35(27)36(41)44;1-2/h3,8-9,14-16,25,42H,4-7,10-13,17-20H2,1-2H3,(H,38,39);1-2H3/b22-3+,31-14+;. The van der Waals surface area contributed by atoms with Crippen LogP contribution in [0, 0.1) is 5.82 Å². The van der Waals surface area contributed by atoms with E-state index >= 15 is 4.39 Å². The Hall–Kier alpha value is -3.70. The summed E-state index contributed by atoms with van der Waals surface area (Å²) in [7, 11) is 0. The highest BCUT2D eigenvalue weighted by Crippen LogP contribution is 2.40. The molecule has 0 unspecified atom stereocenters. The molecule has 10 heteroatoms. The first-order valence-corrected chi connectivity index (χ1v) is 18.0. The van der Waals surface area contributed by atoms with Crippen LogP contribution in [-0.2, 0) is 48.4 Å².